The van der Waals surface area contributed by atoms with Crippen molar-refractivity contribution < 1.29 is 19.3 Å². The van der Waals surface area contributed by atoms with Gasteiger partial charge in [0, 0.05) is 23.4 Å². The molecule has 0 saturated carbocycles. The van der Waals surface area contributed by atoms with Gasteiger partial charge < -0.3 is 21.7 Å². The minimum absolute atomic E-state index is 0.0112. The van der Waals surface area contributed by atoms with Gasteiger partial charge in [0.25, 0.3) is 11.6 Å². The molecule has 3 amide bonds. The van der Waals surface area contributed by atoms with Gasteiger partial charge in [-0.1, -0.05) is 18.2 Å². The second-order valence-electron chi connectivity index (χ2n) is 6.56. The van der Waals surface area contributed by atoms with Crippen LogP contribution in [0.15, 0.2) is 54.6 Å². The van der Waals surface area contributed by atoms with Crippen molar-refractivity contribution in [2.45, 2.75) is 17.7 Å². The summed E-state index contributed by atoms with van der Waals surface area (Å²) in [7, 11) is 0. The van der Waals surface area contributed by atoms with Gasteiger partial charge in [-0.05, 0) is 24.3 Å². The van der Waals surface area contributed by atoms with E-state index in [1.807, 2.05) is 0 Å². The van der Waals surface area contributed by atoms with Crippen LogP contribution >= 0.6 is 11.8 Å². The molecular weight excluding hydrogens is 424 g/mol. The zero-order chi connectivity index (χ0) is 22.4. The van der Waals surface area contributed by atoms with E-state index in [0.29, 0.717) is 11.3 Å². The van der Waals surface area contributed by atoms with E-state index in [0.717, 1.165) is 11.8 Å². The highest BCUT2D eigenvalue weighted by molar-refractivity contribution is 8.00. The number of hydrogen-bond acceptors (Lipinski definition) is 8. The van der Waals surface area contributed by atoms with Crippen molar-refractivity contribution in [2.75, 3.05) is 11.1 Å². The lowest BCUT2D eigenvalue weighted by atomic mass is 10.1. The highest BCUT2D eigenvalue weighted by atomic mass is 32.2. The number of nitro groups is 1. The van der Waals surface area contributed by atoms with Crippen LogP contribution in [0.1, 0.15) is 10.4 Å². The van der Waals surface area contributed by atoms with Gasteiger partial charge in [-0.2, -0.15) is 0 Å². The van der Waals surface area contributed by atoms with Gasteiger partial charge in [-0.25, -0.2) is 0 Å². The third-order valence-corrected chi connectivity index (χ3v) is 5.34. The first-order chi connectivity index (χ1) is 14.8. The molecule has 162 valence electrons. The summed E-state index contributed by atoms with van der Waals surface area (Å²) in [6.07, 6.45) is -0.850. The number of amides is 3. The molecule has 31 heavy (non-hydrogen) atoms. The Bertz CT molecular complexity index is 972. The molecule has 1 heterocycles. The number of nitrogens with two attached hydrogens (primary N) is 1. The number of rotatable bonds is 7. The predicted octanol–water partition coefficient (Wildman–Crippen LogP) is 0.353. The molecular formula is C19H20N6O5S. The van der Waals surface area contributed by atoms with Crippen LogP contribution in [-0.2, 0) is 9.59 Å². The topological polar surface area (TPSA) is 168 Å². The second-order valence-corrected chi connectivity index (χ2v) is 7.65. The summed E-state index contributed by atoms with van der Waals surface area (Å²) in [5.41, 5.74) is 6.11. The van der Waals surface area contributed by atoms with Crippen LogP contribution in [0.4, 0.5) is 11.4 Å². The fourth-order valence-electron chi connectivity index (χ4n) is 2.78. The Labute approximate surface area is 181 Å². The number of carbonyl (C=O) groups excluding carboxylic acids is 3. The van der Waals surface area contributed by atoms with E-state index in [2.05, 4.69) is 21.3 Å². The SMILES string of the molecule is NC1NC(SCC(=O)Nc2ccc([N+](=O)[O-])cc2)NC(=O)C1NC(=O)c1ccccc1. The van der Waals surface area contributed by atoms with Crippen molar-refractivity contribution in [3.8, 4) is 0 Å². The first-order valence-electron chi connectivity index (χ1n) is 9.17. The fraction of sp³-hybridized carbons (Fsp3) is 0.211. The van der Waals surface area contributed by atoms with Crippen molar-refractivity contribution in [1.82, 2.24) is 16.0 Å². The van der Waals surface area contributed by atoms with Crippen LogP contribution in [0.25, 0.3) is 0 Å². The molecule has 3 atom stereocenters. The monoisotopic (exact) mass is 444 g/mol. The number of hydrogen-bond donors (Lipinski definition) is 5. The van der Waals surface area contributed by atoms with E-state index in [1.165, 1.54) is 24.3 Å². The number of thioether (sulfide) groups is 1. The van der Waals surface area contributed by atoms with E-state index in [1.54, 1.807) is 30.3 Å². The van der Waals surface area contributed by atoms with E-state index >= 15 is 0 Å². The van der Waals surface area contributed by atoms with Crippen LogP contribution in [0.3, 0.4) is 0 Å². The lowest BCUT2D eigenvalue weighted by molar-refractivity contribution is -0.384. The summed E-state index contributed by atoms with van der Waals surface area (Å²) in [6, 6.07) is 12.9. The van der Waals surface area contributed by atoms with Crippen molar-refractivity contribution in [1.29, 1.82) is 0 Å². The molecule has 0 bridgehead atoms. The summed E-state index contributed by atoms with van der Waals surface area (Å²) in [4.78, 5) is 46.9. The molecule has 6 N–H and O–H groups in total. The van der Waals surface area contributed by atoms with Crippen LogP contribution < -0.4 is 27.0 Å². The minimum atomic E-state index is -0.974. The van der Waals surface area contributed by atoms with E-state index in [-0.39, 0.29) is 17.3 Å². The third-order valence-electron chi connectivity index (χ3n) is 4.32. The van der Waals surface area contributed by atoms with Gasteiger partial charge in [0.15, 0.2) is 0 Å². The van der Waals surface area contributed by atoms with Crippen molar-refractivity contribution in [3.63, 3.8) is 0 Å². The van der Waals surface area contributed by atoms with E-state index < -0.39 is 34.4 Å². The Morgan fingerprint density at radius 2 is 1.81 bits per heavy atom. The minimum Gasteiger partial charge on any atom is -0.338 e. The molecule has 11 nitrogen and oxygen atoms in total. The Kier molecular flexibility index (Phi) is 7.18. The molecule has 1 aliphatic rings. The lowest BCUT2D eigenvalue weighted by Gasteiger charge is -2.35. The zero-order valence-electron chi connectivity index (χ0n) is 16.1. The second kappa shape index (κ2) is 10.0. The van der Waals surface area contributed by atoms with E-state index in [9.17, 15) is 24.5 Å². The summed E-state index contributed by atoms with van der Waals surface area (Å²) >= 11 is 1.10. The maximum Gasteiger partial charge on any atom is 0.269 e. The molecule has 0 aliphatic carbocycles. The van der Waals surface area contributed by atoms with Crippen LogP contribution in [0.5, 0.6) is 0 Å². The van der Waals surface area contributed by atoms with Gasteiger partial charge in [-0.3, -0.25) is 29.8 Å². The molecule has 3 unspecified atom stereocenters. The van der Waals surface area contributed by atoms with Crippen molar-refractivity contribution in [3.05, 3.63) is 70.3 Å². The molecule has 3 rings (SSSR count). The molecule has 12 heteroatoms. The van der Waals surface area contributed by atoms with Gasteiger partial charge >= 0.3 is 0 Å². The fourth-order valence-corrected chi connectivity index (χ4v) is 3.62. The maximum absolute atomic E-state index is 12.4. The Balaban J connectivity index is 1.47. The highest BCUT2D eigenvalue weighted by Crippen LogP contribution is 2.17. The van der Waals surface area contributed by atoms with Crippen molar-refractivity contribution >= 4 is 40.9 Å². The molecule has 1 fully saturated rings. The average Bonchev–Trinajstić information content (AvgIpc) is 2.75. The molecule has 2 aromatic rings. The summed E-state index contributed by atoms with van der Waals surface area (Å²) in [5, 5.41) is 21.4. The van der Waals surface area contributed by atoms with E-state index in [4.69, 9.17) is 5.73 Å². The normalized spacial score (nSPS) is 20.4. The highest BCUT2D eigenvalue weighted by Gasteiger charge is 2.35. The number of non-ortho nitro benzene ring substituents is 1. The largest absolute Gasteiger partial charge is 0.338 e. The number of nitrogens with one attached hydrogen (secondary N) is 4. The van der Waals surface area contributed by atoms with Crippen molar-refractivity contribution in [2.24, 2.45) is 5.73 Å². The molecule has 0 aromatic heterocycles. The number of carbonyl (C=O) groups is 3. The van der Waals surface area contributed by atoms with Gasteiger partial charge in [-0.15, -0.1) is 11.8 Å². The standard InChI is InChI=1S/C19H20N6O5S/c20-16-15(22-17(27)11-4-2-1-3-5-11)18(28)24-19(23-16)31-10-14(26)21-12-6-8-13(9-7-12)25(29)30/h1-9,15-16,19,23H,10,20H2,(H,21,26)(H,22,27)(H,24,28). The number of anilines is 1. The zero-order valence-corrected chi connectivity index (χ0v) is 16.9. The molecule has 0 spiro atoms. The number of benzene rings is 2. The smallest absolute Gasteiger partial charge is 0.269 e. The van der Waals surface area contributed by atoms with Gasteiger partial charge in [0.1, 0.15) is 11.5 Å². The maximum atomic E-state index is 12.4. The Morgan fingerprint density at radius 3 is 2.42 bits per heavy atom. The summed E-state index contributed by atoms with van der Waals surface area (Å²) in [6.45, 7) is 0. The molecule has 1 saturated heterocycles. The third kappa shape index (κ3) is 6.01. The van der Waals surface area contributed by atoms with Crippen LogP contribution in [0, 0.1) is 10.1 Å². The molecule has 1 aliphatic heterocycles. The average molecular weight is 444 g/mol. The number of nitrogens with zero attached hydrogens (tertiary/aromatic N) is 1. The quantitative estimate of drug-likeness (QED) is 0.301. The summed E-state index contributed by atoms with van der Waals surface area (Å²) < 4.78 is 0. The van der Waals surface area contributed by atoms with Gasteiger partial charge in [0.05, 0.1) is 16.8 Å². The number of nitro benzene ring substituents is 1. The van der Waals surface area contributed by atoms with Gasteiger partial charge in [0.2, 0.25) is 11.8 Å². The van der Waals surface area contributed by atoms with Crippen LogP contribution in [0.2, 0.25) is 0 Å². The molecule has 2 aromatic carbocycles. The van der Waals surface area contributed by atoms with Crippen LogP contribution in [-0.4, -0.2) is 46.1 Å². The molecule has 0 radical (unpaired) electrons. The Morgan fingerprint density at radius 1 is 1.13 bits per heavy atom. The first-order valence-corrected chi connectivity index (χ1v) is 10.2. The first kappa shape index (κ1) is 22.2. The lowest BCUT2D eigenvalue weighted by Crippen LogP contribution is -2.70. The Hall–Kier alpha value is -3.48. The predicted molar refractivity (Wildman–Crippen MR) is 115 cm³/mol. The summed E-state index contributed by atoms with van der Waals surface area (Å²) in [5.74, 6) is -1.26.